The summed E-state index contributed by atoms with van der Waals surface area (Å²) in [4.78, 5) is 2.71. The summed E-state index contributed by atoms with van der Waals surface area (Å²) in [5, 5.41) is 9.18. The van der Waals surface area contributed by atoms with E-state index in [1.807, 2.05) is 11.3 Å². The third-order valence-electron chi connectivity index (χ3n) is 15.1. The van der Waals surface area contributed by atoms with Gasteiger partial charge < -0.3 is 9.38 Å². The van der Waals surface area contributed by atoms with Crippen LogP contribution >= 0.6 is 11.3 Å². The van der Waals surface area contributed by atoms with E-state index in [9.17, 15) is 0 Å². The molecule has 0 unspecified atom stereocenters. The van der Waals surface area contributed by atoms with Crippen molar-refractivity contribution in [2.75, 3.05) is 4.90 Å². The van der Waals surface area contributed by atoms with E-state index in [-0.39, 0.29) is 23.1 Å². The molecule has 8 aromatic carbocycles. The molecule has 0 saturated carbocycles. The highest BCUT2D eigenvalue weighted by Gasteiger charge is 2.47. The minimum absolute atomic E-state index is 0.0103. The second-order valence-electron chi connectivity index (χ2n) is 20.8. The summed E-state index contributed by atoms with van der Waals surface area (Å²) in [6.45, 7) is 16.9. The standard InChI is InChI=1S/C58H49BN2S/c1-56(2,3)38-24-25-47(42(31-38)34-16-9-8-10-17-34)60-49-30-37-20-13-14-21-39(37)51-41-23-15-22-40-43-28-35-18-11-12-19-36(35)29-48(43)61(53(40)41)59(52(49)51)55-54(60)44-32-45-46(33-50(44)62-55)58(6,7)27-26-57(45,4)5/h8-25,28-33H,26-27H2,1-7H3. The lowest BCUT2D eigenvalue weighted by Crippen LogP contribution is -2.55. The van der Waals surface area contributed by atoms with E-state index in [1.165, 1.54) is 133 Å². The summed E-state index contributed by atoms with van der Waals surface area (Å²) < 4.78 is 5.56. The zero-order chi connectivity index (χ0) is 42.0. The third kappa shape index (κ3) is 4.88. The molecule has 2 aromatic heterocycles. The molecule has 2 nitrogen and oxygen atoms in total. The molecule has 1 aliphatic carbocycles. The summed E-state index contributed by atoms with van der Waals surface area (Å²) in [5.74, 6) is 0. The minimum atomic E-state index is -0.0172. The van der Waals surface area contributed by atoms with Crippen molar-refractivity contribution >= 4 is 98.9 Å². The van der Waals surface area contributed by atoms with Crippen LogP contribution in [-0.4, -0.2) is 11.3 Å². The van der Waals surface area contributed by atoms with Crippen LogP contribution in [0.25, 0.3) is 75.7 Å². The zero-order valence-corrected chi connectivity index (χ0v) is 37.5. The number of benzene rings is 8. The van der Waals surface area contributed by atoms with E-state index in [1.54, 1.807) is 0 Å². The molecule has 0 saturated heterocycles. The number of para-hydroxylation sites is 1. The molecule has 2 aliphatic heterocycles. The lowest BCUT2D eigenvalue weighted by atomic mass is 9.48. The smallest absolute Gasteiger partial charge is 0.343 e. The summed E-state index contributed by atoms with van der Waals surface area (Å²) in [6, 6.07) is 56.2. The third-order valence-corrected chi connectivity index (χ3v) is 16.3. The van der Waals surface area contributed by atoms with Crippen molar-refractivity contribution in [2.45, 2.75) is 77.6 Å². The molecule has 13 rings (SSSR count). The topological polar surface area (TPSA) is 8.17 Å². The monoisotopic (exact) mass is 816 g/mol. The molecule has 0 amide bonds. The number of rotatable bonds is 2. The Balaban J connectivity index is 1.24. The van der Waals surface area contributed by atoms with Crippen molar-refractivity contribution < 1.29 is 0 Å². The fraction of sp³-hybridized carbons (Fsp3) is 0.207. The van der Waals surface area contributed by atoms with Crippen molar-refractivity contribution in [3.63, 3.8) is 0 Å². The first-order chi connectivity index (χ1) is 29.9. The molecular weight excluding hydrogens is 768 g/mol. The number of fused-ring (bicyclic) bond motifs is 13. The molecule has 0 atom stereocenters. The zero-order valence-electron chi connectivity index (χ0n) is 36.7. The van der Waals surface area contributed by atoms with Crippen molar-refractivity contribution in [1.82, 2.24) is 4.48 Å². The van der Waals surface area contributed by atoms with Gasteiger partial charge in [-0.15, -0.1) is 11.3 Å². The summed E-state index contributed by atoms with van der Waals surface area (Å²) in [6.07, 6.45) is 2.37. The number of thiophene rings is 1. The van der Waals surface area contributed by atoms with Crippen LogP contribution in [0.3, 0.4) is 0 Å². The van der Waals surface area contributed by atoms with Crippen molar-refractivity contribution in [3.8, 4) is 22.3 Å². The van der Waals surface area contributed by atoms with Crippen molar-refractivity contribution in [2.24, 2.45) is 0 Å². The lowest BCUT2D eigenvalue weighted by molar-refractivity contribution is 0.332. The van der Waals surface area contributed by atoms with Crippen LogP contribution in [0, 0.1) is 0 Å². The highest BCUT2D eigenvalue weighted by atomic mass is 32.1. The molecule has 62 heavy (non-hydrogen) atoms. The molecule has 0 N–H and O–H groups in total. The van der Waals surface area contributed by atoms with E-state index >= 15 is 0 Å². The largest absolute Gasteiger partial charge is 0.375 e. The fourth-order valence-electron chi connectivity index (χ4n) is 11.7. The van der Waals surface area contributed by atoms with E-state index in [2.05, 4.69) is 203 Å². The first kappa shape index (κ1) is 36.5. The number of hydrogen-bond donors (Lipinski definition) is 0. The molecule has 0 spiro atoms. The summed E-state index contributed by atoms with van der Waals surface area (Å²) in [5.41, 5.74) is 17.6. The van der Waals surface area contributed by atoms with Crippen LogP contribution in [0.4, 0.5) is 17.1 Å². The van der Waals surface area contributed by atoms with Crippen LogP contribution in [0.15, 0.2) is 146 Å². The maximum Gasteiger partial charge on any atom is 0.343 e. The molecule has 4 heteroatoms. The maximum atomic E-state index is 2.76. The van der Waals surface area contributed by atoms with Gasteiger partial charge in [-0.1, -0.05) is 152 Å². The van der Waals surface area contributed by atoms with Gasteiger partial charge in [0.25, 0.3) is 0 Å². The molecular formula is C58H49BN2S. The van der Waals surface area contributed by atoms with Gasteiger partial charge in [-0.3, -0.25) is 0 Å². The van der Waals surface area contributed by atoms with Gasteiger partial charge in [0.05, 0.1) is 11.4 Å². The Kier molecular flexibility index (Phi) is 7.25. The van der Waals surface area contributed by atoms with Crippen LogP contribution in [0.1, 0.15) is 78.0 Å². The average Bonchev–Trinajstić information content (AvgIpc) is 3.80. The van der Waals surface area contributed by atoms with E-state index in [0.717, 1.165) is 0 Å². The number of nitrogens with zero attached hydrogens (tertiary/aromatic N) is 2. The SMILES string of the molecule is CC(C)(C)c1ccc(N2c3cc4ccccc4c4c3B(c3sc5cc6c(cc5c32)C(C)(C)CCC6(C)C)n2c3cc5ccccc5cc3c3cccc-4c32)c(-c2ccccc2)c1. The lowest BCUT2D eigenvalue weighted by Gasteiger charge is -2.42. The minimum Gasteiger partial charge on any atom is -0.375 e. The van der Waals surface area contributed by atoms with Gasteiger partial charge in [0, 0.05) is 53.5 Å². The van der Waals surface area contributed by atoms with Crippen molar-refractivity contribution in [1.29, 1.82) is 0 Å². The van der Waals surface area contributed by atoms with E-state index in [4.69, 9.17) is 0 Å². The fourth-order valence-corrected chi connectivity index (χ4v) is 13.0. The van der Waals surface area contributed by atoms with Crippen LogP contribution in [0.2, 0.25) is 0 Å². The van der Waals surface area contributed by atoms with E-state index in [0.29, 0.717) is 0 Å². The molecule has 0 bridgehead atoms. The van der Waals surface area contributed by atoms with Crippen molar-refractivity contribution in [3.05, 3.63) is 162 Å². The normalized spacial score (nSPS) is 16.0. The number of aromatic nitrogens is 1. The predicted molar refractivity (Wildman–Crippen MR) is 270 cm³/mol. The number of anilines is 3. The molecule has 300 valence electrons. The Morgan fingerprint density at radius 1 is 0.565 bits per heavy atom. The van der Waals surface area contributed by atoms with Crippen LogP contribution < -0.4 is 15.1 Å². The number of hydrogen-bond acceptors (Lipinski definition) is 2. The highest BCUT2D eigenvalue weighted by Crippen LogP contribution is 2.55. The average molecular weight is 817 g/mol. The highest BCUT2D eigenvalue weighted by molar-refractivity contribution is 7.32. The second-order valence-corrected chi connectivity index (χ2v) is 21.8. The molecule has 0 fully saturated rings. The van der Waals surface area contributed by atoms with Crippen LogP contribution in [0.5, 0.6) is 0 Å². The van der Waals surface area contributed by atoms with Crippen LogP contribution in [-0.2, 0) is 16.2 Å². The Hall–Kier alpha value is -6.10. The Morgan fingerprint density at radius 3 is 2.00 bits per heavy atom. The Labute approximate surface area is 368 Å². The summed E-state index contributed by atoms with van der Waals surface area (Å²) >= 11 is 2.04. The predicted octanol–water partition coefficient (Wildman–Crippen LogP) is 15.0. The first-order valence-electron chi connectivity index (χ1n) is 22.5. The summed E-state index contributed by atoms with van der Waals surface area (Å²) in [7, 11) is 0. The maximum absolute atomic E-state index is 2.76. The van der Waals surface area contributed by atoms with Gasteiger partial charge in [-0.25, -0.2) is 0 Å². The van der Waals surface area contributed by atoms with E-state index < -0.39 is 0 Å². The van der Waals surface area contributed by atoms with Gasteiger partial charge in [0.1, 0.15) is 0 Å². The quantitative estimate of drug-likeness (QED) is 0.158. The van der Waals surface area contributed by atoms with Gasteiger partial charge in [0.15, 0.2) is 0 Å². The van der Waals surface area contributed by atoms with Gasteiger partial charge in [-0.2, -0.15) is 0 Å². The second kappa shape index (κ2) is 12.3. The Bertz CT molecular complexity index is 3580. The van der Waals surface area contributed by atoms with Gasteiger partial charge >= 0.3 is 6.85 Å². The molecule has 3 aliphatic rings. The molecule has 4 heterocycles. The Morgan fingerprint density at radius 2 is 1.24 bits per heavy atom. The molecule has 0 radical (unpaired) electrons. The van der Waals surface area contributed by atoms with Gasteiger partial charge in [0.2, 0.25) is 0 Å². The van der Waals surface area contributed by atoms with Gasteiger partial charge in [-0.05, 0) is 126 Å². The molecule has 10 aromatic rings. The first-order valence-corrected chi connectivity index (χ1v) is 23.3.